The molecule has 2 aromatic carbocycles. The molecular formula is C17H9Cl3N4O. The topological polar surface area (TPSA) is 52.7 Å². The minimum absolute atomic E-state index is 0.291. The van der Waals surface area contributed by atoms with E-state index in [-0.39, 0.29) is 5.56 Å². The van der Waals surface area contributed by atoms with Gasteiger partial charge in [-0.1, -0.05) is 34.8 Å². The van der Waals surface area contributed by atoms with E-state index in [0.29, 0.717) is 37.6 Å². The summed E-state index contributed by atoms with van der Waals surface area (Å²) in [4.78, 5) is 21.8. The molecule has 2 heterocycles. The van der Waals surface area contributed by atoms with Gasteiger partial charge in [-0.25, -0.2) is 14.5 Å². The molecule has 0 bridgehead atoms. The summed E-state index contributed by atoms with van der Waals surface area (Å²) < 4.78 is 3.05. The van der Waals surface area contributed by atoms with Crippen molar-refractivity contribution in [3.63, 3.8) is 0 Å². The third kappa shape index (κ3) is 2.80. The van der Waals surface area contributed by atoms with Gasteiger partial charge in [0.05, 0.1) is 21.6 Å². The van der Waals surface area contributed by atoms with Crippen LogP contribution in [0, 0.1) is 0 Å². The maximum atomic E-state index is 13.2. The summed E-state index contributed by atoms with van der Waals surface area (Å²) in [7, 11) is 0. The molecular weight excluding hydrogens is 383 g/mol. The highest BCUT2D eigenvalue weighted by Gasteiger charge is 2.16. The Bertz CT molecular complexity index is 1150. The Kier molecular flexibility index (Phi) is 4.00. The van der Waals surface area contributed by atoms with Crippen LogP contribution in [0.15, 0.2) is 59.9 Å². The molecule has 2 aromatic heterocycles. The number of nitrogens with zero attached hydrogens (tertiary/aromatic N) is 4. The number of halogens is 3. The standard InChI is InChI=1S/C17H9Cl3N4O/c18-10-1-3-14-12(7-10)16(25)24(15-4-2-11(19)8-13(15)20)17(22-14)23-6-5-21-9-23/h1-9H. The van der Waals surface area contributed by atoms with Crippen LogP contribution >= 0.6 is 34.8 Å². The van der Waals surface area contributed by atoms with Crippen molar-refractivity contribution in [3.05, 3.63) is 80.5 Å². The largest absolute Gasteiger partial charge is 0.275 e. The van der Waals surface area contributed by atoms with Crippen molar-refractivity contribution in [1.82, 2.24) is 19.1 Å². The van der Waals surface area contributed by atoms with Gasteiger partial charge in [0.1, 0.15) is 6.33 Å². The van der Waals surface area contributed by atoms with Crippen LogP contribution in [-0.4, -0.2) is 19.1 Å². The highest BCUT2D eigenvalue weighted by atomic mass is 35.5. The van der Waals surface area contributed by atoms with Gasteiger partial charge in [0, 0.05) is 22.4 Å². The van der Waals surface area contributed by atoms with E-state index in [9.17, 15) is 4.79 Å². The molecule has 0 amide bonds. The van der Waals surface area contributed by atoms with Crippen LogP contribution < -0.4 is 5.56 Å². The first-order valence-electron chi connectivity index (χ1n) is 7.20. The number of aromatic nitrogens is 4. The first kappa shape index (κ1) is 16.1. The normalized spacial score (nSPS) is 11.2. The van der Waals surface area contributed by atoms with Crippen molar-refractivity contribution in [2.75, 3.05) is 0 Å². The van der Waals surface area contributed by atoms with Gasteiger partial charge in [0.15, 0.2) is 0 Å². The van der Waals surface area contributed by atoms with Gasteiger partial charge in [0.2, 0.25) is 5.95 Å². The molecule has 0 unspecified atom stereocenters. The Balaban J connectivity index is 2.15. The van der Waals surface area contributed by atoms with Crippen molar-refractivity contribution in [1.29, 1.82) is 0 Å². The zero-order valence-electron chi connectivity index (χ0n) is 12.5. The van der Waals surface area contributed by atoms with E-state index in [1.165, 1.54) is 4.57 Å². The molecule has 4 rings (SSSR count). The second-order valence-corrected chi connectivity index (χ2v) is 6.56. The highest BCUT2D eigenvalue weighted by Crippen LogP contribution is 2.26. The SMILES string of the molecule is O=c1c2cc(Cl)ccc2nc(-n2ccnc2)n1-c1ccc(Cl)cc1Cl. The molecule has 5 nitrogen and oxygen atoms in total. The third-order valence-electron chi connectivity index (χ3n) is 3.70. The molecule has 0 saturated carbocycles. The van der Waals surface area contributed by atoms with Crippen LogP contribution in [0.4, 0.5) is 0 Å². The molecule has 0 fully saturated rings. The second kappa shape index (κ2) is 6.19. The lowest BCUT2D eigenvalue weighted by Crippen LogP contribution is -2.24. The zero-order valence-corrected chi connectivity index (χ0v) is 14.8. The van der Waals surface area contributed by atoms with Gasteiger partial charge in [-0.2, -0.15) is 0 Å². The van der Waals surface area contributed by atoms with Crippen LogP contribution in [0.2, 0.25) is 15.1 Å². The van der Waals surface area contributed by atoms with Crippen LogP contribution in [0.5, 0.6) is 0 Å². The quantitative estimate of drug-likeness (QED) is 0.504. The van der Waals surface area contributed by atoms with Crippen molar-refractivity contribution in [2.45, 2.75) is 0 Å². The van der Waals surface area contributed by atoms with Crippen LogP contribution in [0.1, 0.15) is 0 Å². The molecule has 0 radical (unpaired) electrons. The fourth-order valence-electron chi connectivity index (χ4n) is 2.58. The second-order valence-electron chi connectivity index (χ2n) is 5.28. The lowest BCUT2D eigenvalue weighted by molar-refractivity contribution is 0.841. The molecule has 0 aliphatic carbocycles. The van der Waals surface area contributed by atoms with Gasteiger partial charge in [-0.3, -0.25) is 9.36 Å². The number of hydrogen-bond donors (Lipinski definition) is 0. The van der Waals surface area contributed by atoms with E-state index in [2.05, 4.69) is 9.97 Å². The molecule has 124 valence electrons. The average Bonchev–Trinajstić information content (AvgIpc) is 3.11. The van der Waals surface area contributed by atoms with Crippen LogP contribution in [0.3, 0.4) is 0 Å². The summed E-state index contributed by atoms with van der Waals surface area (Å²) in [6, 6.07) is 9.88. The molecule has 0 saturated heterocycles. The molecule has 0 N–H and O–H groups in total. The van der Waals surface area contributed by atoms with E-state index in [1.54, 1.807) is 59.7 Å². The van der Waals surface area contributed by atoms with Crippen molar-refractivity contribution < 1.29 is 0 Å². The van der Waals surface area contributed by atoms with Crippen molar-refractivity contribution in [2.24, 2.45) is 0 Å². The summed E-state index contributed by atoms with van der Waals surface area (Å²) in [6.45, 7) is 0. The monoisotopic (exact) mass is 390 g/mol. The summed E-state index contributed by atoms with van der Waals surface area (Å²) >= 11 is 18.4. The first-order valence-corrected chi connectivity index (χ1v) is 8.34. The maximum absolute atomic E-state index is 13.2. The fraction of sp³-hybridized carbons (Fsp3) is 0. The molecule has 0 spiro atoms. The minimum atomic E-state index is -0.291. The number of rotatable bonds is 2. The van der Waals surface area contributed by atoms with Crippen molar-refractivity contribution in [3.8, 4) is 11.6 Å². The highest BCUT2D eigenvalue weighted by molar-refractivity contribution is 6.35. The Morgan fingerprint density at radius 1 is 0.960 bits per heavy atom. The average molecular weight is 392 g/mol. The molecule has 0 aliphatic heterocycles. The lowest BCUT2D eigenvalue weighted by Gasteiger charge is -2.15. The van der Waals surface area contributed by atoms with E-state index in [4.69, 9.17) is 34.8 Å². The number of imidazole rings is 1. The van der Waals surface area contributed by atoms with E-state index >= 15 is 0 Å². The predicted molar refractivity (Wildman–Crippen MR) is 99.5 cm³/mol. The Labute approximate surface area is 157 Å². The fourth-order valence-corrected chi connectivity index (χ4v) is 3.24. The van der Waals surface area contributed by atoms with E-state index < -0.39 is 0 Å². The summed E-state index contributed by atoms with van der Waals surface area (Å²) in [5, 5.41) is 1.65. The Morgan fingerprint density at radius 2 is 1.72 bits per heavy atom. The first-order chi connectivity index (χ1) is 12.0. The summed E-state index contributed by atoms with van der Waals surface area (Å²) in [6.07, 6.45) is 4.86. The number of fused-ring (bicyclic) bond motifs is 1. The molecule has 8 heteroatoms. The van der Waals surface area contributed by atoms with E-state index in [1.807, 2.05) is 0 Å². The number of benzene rings is 2. The summed E-state index contributed by atoms with van der Waals surface area (Å²) in [5.74, 6) is 0.363. The third-order valence-corrected chi connectivity index (χ3v) is 4.47. The Morgan fingerprint density at radius 3 is 2.44 bits per heavy atom. The molecule has 4 aromatic rings. The van der Waals surface area contributed by atoms with Gasteiger partial charge in [-0.05, 0) is 36.4 Å². The van der Waals surface area contributed by atoms with E-state index in [0.717, 1.165) is 0 Å². The molecule has 25 heavy (non-hydrogen) atoms. The molecule has 0 atom stereocenters. The lowest BCUT2D eigenvalue weighted by atomic mass is 10.2. The zero-order chi connectivity index (χ0) is 17.6. The molecule has 0 aliphatic rings. The van der Waals surface area contributed by atoms with Crippen molar-refractivity contribution >= 4 is 45.7 Å². The van der Waals surface area contributed by atoms with Crippen LogP contribution in [0.25, 0.3) is 22.5 Å². The predicted octanol–water partition coefficient (Wildman–Crippen LogP) is 4.53. The van der Waals surface area contributed by atoms with Crippen LogP contribution in [-0.2, 0) is 0 Å². The van der Waals surface area contributed by atoms with Gasteiger partial charge < -0.3 is 0 Å². The number of hydrogen-bond acceptors (Lipinski definition) is 3. The Hall–Kier alpha value is -2.34. The van der Waals surface area contributed by atoms with Gasteiger partial charge >= 0.3 is 0 Å². The van der Waals surface area contributed by atoms with Gasteiger partial charge in [0.25, 0.3) is 5.56 Å². The summed E-state index contributed by atoms with van der Waals surface area (Å²) in [5.41, 5.74) is 0.703. The van der Waals surface area contributed by atoms with Gasteiger partial charge in [-0.15, -0.1) is 0 Å². The minimum Gasteiger partial charge on any atom is -0.275 e. The maximum Gasteiger partial charge on any atom is 0.267 e. The smallest absolute Gasteiger partial charge is 0.267 e.